The first-order valence-electron chi connectivity index (χ1n) is 10.6. The summed E-state index contributed by atoms with van der Waals surface area (Å²) < 4.78 is 5.28. The summed E-state index contributed by atoms with van der Waals surface area (Å²) in [6.07, 6.45) is 4.30. The van der Waals surface area contributed by atoms with Crippen molar-refractivity contribution in [2.24, 2.45) is 0 Å². The quantitative estimate of drug-likeness (QED) is 0.650. The Bertz CT molecular complexity index is 855. The van der Waals surface area contributed by atoms with Crippen molar-refractivity contribution in [3.05, 3.63) is 42.7 Å². The second-order valence-electron chi connectivity index (χ2n) is 7.38. The number of aromatic nitrogens is 2. The van der Waals surface area contributed by atoms with Crippen molar-refractivity contribution in [2.75, 3.05) is 63.1 Å². The fourth-order valence-electron chi connectivity index (χ4n) is 3.57. The van der Waals surface area contributed by atoms with E-state index in [1.165, 1.54) is 0 Å². The lowest BCUT2D eigenvalue weighted by atomic mass is 10.2. The van der Waals surface area contributed by atoms with Gasteiger partial charge < -0.3 is 19.9 Å². The minimum atomic E-state index is -0.170. The lowest BCUT2D eigenvalue weighted by Crippen LogP contribution is -2.52. The Labute approximate surface area is 183 Å². The molecule has 166 valence electrons. The Morgan fingerprint density at radius 1 is 1.06 bits per heavy atom. The molecule has 0 bridgehead atoms. The fraction of sp³-hybridized carbons (Fsp3) is 0.455. The number of hydrogen-bond acceptors (Lipinski definition) is 7. The molecule has 2 amide bonds. The summed E-state index contributed by atoms with van der Waals surface area (Å²) in [5, 5.41) is 2.88. The van der Waals surface area contributed by atoms with Crippen molar-refractivity contribution >= 4 is 23.5 Å². The molecule has 0 radical (unpaired) electrons. The van der Waals surface area contributed by atoms with Gasteiger partial charge in [-0.1, -0.05) is 19.1 Å². The van der Waals surface area contributed by atoms with E-state index < -0.39 is 0 Å². The Balaban J connectivity index is 1.51. The van der Waals surface area contributed by atoms with Crippen LogP contribution in [0.4, 0.5) is 11.6 Å². The van der Waals surface area contributed by atoms with Crippen molar-refractivity contribution in [2.45, 2.75) is 13.3 Å². The van der Waals surface area contributed by atoms with E-state index in [1.807, 2.05) is 28.9 Å². The zero-order chi connectivity index (χ0) is 22.1. The number of anilines is 2. The van der Waals surface area contributed by atoms with E-state index in [0.717, 1.165) is 6.42 Å². The number of ether oxygens (including phenoxy) is 1. The highest BCUT2D eigenvalue weighted by atomic mass is 16.5. The van der Waals surface area contributed by atoms with E-state index in [1.54, 1.807) is 37.7 Å². The molecule has 31 heavy (non-hydrogen) atoms. The highest BCUT2D eigenvalue weighted by molar-refractivity contribution is 5.94. The first kappa shape index (κ1) is 22.5. The number of nitrogens with one attached hydrogen (secondary N) is 1. The second kappa shape index (κ2) is 11.3. The summed E-state index contributed by atoms with van der Waals surface area (Å²) in [6.45, 7) is 5.69. The zero-order valence-corrected chi connectivity index (χ0v) is 18.2. The van der Waals surface area contributed by atoms with Gasteiger partial charge in [0.2, 0.25) is 17.8 Å². The number of amides is 2. The van der Waals surface area contributed by atoms with Crippen molar-refractivity contribution in [1.29, 1.82) is 0 Å². The van der Waals surface area contributed by atoms with Gasteiger partial charge in [0.15, 0.2) is 0 Å². The maximum atomic E-state index is 12.8. The Hall–Kier alpha value is -3.20. The first-order chi connectivity index (χ1) is 15.1. The molecule has 0 atom stereocenters. The van der Waals surface area contributed by atoms with Gasteiger partial charge in [-0.3, -0.25) is 14.5 Å². The Morgan fingerprint density at radius 3 is 2.45 bits per heavy atom. The number of rotatable bonds is 9. The Morgan fingerprint density at radius 2 is 1.77 bits per heavy atom. The minimum Gasteiger partial charge on any atom is -0.495 e. The molecule has 1 fully saturated rings. The highest BCUT2D eigenvalue weighted by Gasteiger charge is 2.24. The normalized spacial score (nSPS) is 13.9. The number of carbonyl (C=O) groups excluding carboxylic acids is 2. The summed E-state index contributed by atoms with van der Waals surface area (Å²) in [5.74, 6) is 1.16. The van der Waals surface area contributed by atoms with Gasteiger partial charge >= 0.3 is 0 Å². The smallest absolute Gasteiger partial charge is 0.238 e. The predicted molar refractivity (Wildman–Crippen MR) is 119 cm³/mol. The molecule has 0 aliphatic carbocycles. The summed E-state index contributed by atoms with van der Waals surface area (Å²) in [7, 11) is 1.57. The van der Waals surface area contributed by atoms with Gasteiger partial charge in [0, 0.05) is 38.6 Å². The maximum absolute atomic E-state index is 12.8. The fourth-order valence-corrected chi connectivity index (χ4v) is 3.57. The molecular weight excluding hydrogens is 396 g/mol. The number of carbonyl (C=O) groups is 2. The van der Waals surface area contributed by atoms with Crippen LogP contribution in [0.1, 0.15) is 13.3 Å². The van der Waals surface area contributed by atoms with Crippen LogP contribution in [0.2, 0.25) is 0 Å². The van der Waals surface area contributed by atoms with E-state index >= 15 is 0 Å². The Kier molecular flexibility index (Phi) is 8.17. The molecule has 0 spiro atoms. The van der Waals surface area contributed by atoms with Gasteiger partial charge in [-0.05, 0) is 31.2 Å². The molecule has 0 unspecified atom stereocenters. The van der Waals surface area contributed by atoms with Crippen LogP contribution < -0.4 is 15.0 Å². The average molecular weight is 427 g/mol. The molecule has 1 saturated heterocycles. The molecule has 1 aliphatic rings. The number of para-hydroxylation sites is 2. The summed E-state index contributed by atoms with van der Waals surface area (Å²) >= 11 is 0. The zero-order valence-electron chi connectivity index (χ0n) is 18.2. The van der Waals surface area contributed by atoms with Crippen LogP contribution in [-0.4, -0.2) is 84.5 Å². The van der Waals surface area contributed by atoms with Crippen LogP contribution in [0, 0.1) is 0 Å². The van der Waals surface area contributed by atoms with Gasteiger partial charge in [-0.15, -0.1) is 0 Å². The van der Waals surface area contributed by atoms with E-state index in [0.29, 0.717) is 50.1 Å². The topological polar surface area (TPSA) is 90.9 Å². The molecule has 0 saturated carbocycles. The second-order valence-corrected chi connectivity index (χ2v) is 7.38. The van der Waals surface area contributed by atoms with Crippen molar-refractivity contribution in [1.82, 2.24) is 19.8 Å². The van der Waals surface area contributed by atoms with Crippen molar-refractivity contribution < 1.29 is 14.3 Å². The summed E-state index contributed by atoms with van der Waals surface area (Å²) in [5.41, 5.74) is 0.622. The lowest BCUT2D eigenvalue weighted by molar-refractivity contribution is -0.133. The number of methoxy groups -OCH3 is 1. The van der Waals surface area contributed by atoms with Crippen LogP contribution >= 0.6 is 0 Å². The van der Waals surface area contributed by atoms with Crippen LogP contribution in [0.15, 0.2) is 42.7 Å². The molecule has 2 aromatic rings. The highest BCUT2D eigenvalue weighted by Crippen LogP contribution is 2.22. The number of piperazine rings is 1. The molecule has 9 nitrogen and oxygen atoms in total. The third-order valence-corrected chi connectivity index (χ3v) is 5.11. The molecular formula is C22H30N6O3. The van der Waals surface area contributed by atoms with E-state index in [-0.39, 0.29) is 24.9 Å². The monoisotopic (exact) mass is 426 g/mol. The van der Waals surface area contributed by atoms with Crippen LogP contribution in [0.5, 0.6) is 5.75 Å². The largest absolute Gasteiger partial charge is 0.495 e. The SMILES string of the molecule is CCCN(CC(=O)Nc1ccccc1OC)CC(=O)N1CCN(c2ncccn2)CC1. The molecule has 1 N–H and O–H groups in total. The van der Waals surface area contributed by atoms with Gasteiger partial charge in [0.05, 0.1) is 25.9 Å². The number of benzene rings is 1. The third kappa shape index (κ3) is 6.39. The van der Waals surface area contributed by atoms with Gasteiger partial charge in [0.25, 0.3) is 0 Å². The van der Waals surface area contributed by atoms with Gasteiger partial charge in [-0.2, -0.15) is 0 Å². The van der Waals surface area contributed by atoms with E-state index in [4.69, 9.17) is 4.74 Å². The molecule has 1 aromatic heterocycles. The summed E-state index contributed by atoms with van der Waals surface area (Å²) in [4.78, 5) is 39.8. The lowest BCUT2D eigenvalue weighted by Gasteiger charge is -2.35. The van der Waals surface area contributed by atoms with Crippen LogP contribution in [0.25, 0.3) is 0 Å². The maximum Gasteiger partial charge on any atom is 0.238 e. The minimum absolute atomic E-state index is 0.0344. The van der Waals surface area contributed by atoms with Crippen molar-refractivity contribution in [3.8, 4) is 5.75 Å². The molecule has 1 aliphatic heterocycles. The predicted octanol–water partition coefficient (Wildman–Crippen LogP) is 1.48. The van der Waals surface area contributed by atoms with E-state index in [9.17, 15) is 9.59 Å². The number of hydrogen-bond donors (Lipinski definition) is 1. The van der Waals surface area contributed by atoms with Gasteiger partial charge in [0.1, 0.15) is 5.75 Å². The molecule has 3 rings (SSSR count). The number of nitrogens with zero attached hydrogens (tertiary/aromatic N) is 5. The third-order valence-electron chi connectivity index (χ3n) is 5.11. The van der Waals surface area contributed by atoms with E-state index in [2.05, 4.69) is 20.2 Å². The standard InChI is InChI=1S/C22H30N6O3/c1-3-11-26(16-20(29)25-18-7-4-5-8-19(18)31-2)17-21(30)27-12-14-28(15-13-27)22-23-9-6-10-24-22/h4-10H,3,11-17H2,1-2H3,(H,25,29). The first-order valence-corrected chi connectivity index (χ1v) is 10.6. The van der Waals surface area contributed by atoms with Crippen molar-refractivity contribution in [3.63, 3.8) is 0 Å². The average Bonchev–Trinajstić information content (AvgIpc) is 2.80. The summed E-state index contributed by atoms with van der Waals surface area (Å²) in [6, 6.07) is 9.06. The van der Waals surface area contributed by atoms with Gasteiger partial charge in [-0.25, -0.2) is 9.97 Å². The van der Waals surface area contributed by atoms with Crippen LogP contribution in [0.3, 0.4) is 0 Å². The molecule has 9 heteroatoms. The molecule has 1 aromatic carbocycles. The van der Waals surface area contributed by atoms with Crippen LogP contribution in [-0.2, 0) is 9.59 Å². The molecule has 2 heterocycles.